The summed E-state index contributed by atoms with van der Waals surface area (Å²) in [7, 11) is 1.33. The smallest absolute Gasteiger partial charge is 0.226 e. The van der Waals surface area contributed by atoms with E-state index in [-0.39, 0.29) is 42.6 Å². The first-order valence-electron chi connectivity index (χ1n) is 11.1. The Kier molecular flexibility index (Phi) is 15.7. The first-order valence-corrected chi connectivity index (χ1v) is 11.1. The quantitative estimate of drug-likeness (QED) is 0.454. The van der Waals surface area contributed by atoms with Crippen molar-refractivity contribution in [3.05, 3.63) is 60.5 Å². The van der Waals surface area contributed by atoms with Crippen LogP contribution in [0.4, 0.5) is 10.1 Å². The lowest BCUT2D eigenvalue weighted by Gasteiger charge is -2.23. The van der Waals surface area contributed by atoms with Crippen molar-refractivity contribution in [3.63, 3.8) is 0 Å². The highest BCUT2D eigenvalue weighted by Crippen LogP contribution is 2.24. The molecule has 0 heterocycles. The van der Waals surface area contributed by atoms with E-state index in [0.717, 1.165) is 0 Å². The fourth-order valence-corrected chi connectivity index (χ4v) is 2.65. The number of benzene rings is 1. The second kappa shape index (κ2) is 17.3. The Morgan fingerprint density at radius 3 is 2.36 bits per heavy atom. The van der Waals surface area contributed by atoms with E-state index in [9.17, 15) is 18.8 Å². The van der Waals surface area contributed by atoms with Crippen LogP contribution in [0.2, 0.25) is 0 Å². The molecule has 182 valence electrons. The van der Waals surface area contributed by atoms with Gasteiger partial charge in [0.25, 0.3) is 0 Å². The molecule has 1 aromatic rings. The zero-order chi connectivity index (χ0) is 25.2. The number of amides is 2. The molecule has 1 N–H and O–H groups in total. The molecule has 33 heavy (non-hydrogen) atoms. The van der Waals surface area contributed by atoms with Crippen LogP contribution in [0.15, 0.2) is 54.7 Å². The standard InChI is InChI=1S/C23H29FN2O4.C3H8/c1-5-6-7-8-9-10-14-26(16-18(3)27)23(29)17(2)15-21(28)25-19-12-11-13-20(30-4)22(19)24;1-3-2/h5-13,17H,14-16H2,1-4H3,(H,25,28);3H2,1-2H3/b6-5-,8-7-,10-9+;. The molecule has 0 aliphatic carbocycles. The van der Waals surface area contributed by atoms with E-state index >= 15 is 0 Å². The maximum Gasteiger partial charge on any atom is 0.226 e. The van der Waals surface area contributed by atoms with E-state index in [1.54, 1.807) is 25.1 Å². The van der Waals surface area contributed by atoms with Gasteiger partial charge in [0.05, 0.1) is 19.3 Å². The van der Waals surface area contributed by atoms with Crippen molar-refractivity contribution in [2.45, 2.75) is 47.5 Å². The number of allylic oxidation sites excluding steroid dienone is 5. The van der Waals surface area contributed by atoms with Gasteiger partial charge in [-0.3, -0.25) is 14.4 Å². The Balaban J connectivity index is 0.00000322. The number of nitrogens with one attached hydrogen (secondary N) is 1. The summed E-state index contributed by atoms with van der Waals surface area (Å²) >= 11 is 0. The minimum atomic E-state index is -0.679. The average Bonchev–Trinajstić information content (AvgIpc) is 2.76. The van der Waals surface area contributed by atoms with E-state index in [1.165, 1.54) is 37.5 Å². The van der Waals surface area contributed by atoms with Gasteiger partial charge in [-0.1, -0.05) is 69.7 Å². The topological polar surface area (TPSA) is 75.7 Å². The van der Waals surface area contributed by atoms with Gasteiger partial charge in [0.2, 0.25) is 11.8 Å². The molecule has 0 aromatic heterocycles. The summed E-state index contributed by atoms with van der Waals surface area (Å²) in [6.45, 7) is 9.36. The molecule has 2 amide bonds. The van der Waals surface area contributed by atoms with E-state index in [4.69, 9.17) is 4.74 Å². The first-order chi connectivity index (χ1) is 15.7. The van der Waals surface area contributed by atoms with Crippen molar-refractivity contribution < 1.29 is 23.5 Å². The fourth-order valence-electron chi connectivity index (χ4n) is 2.65. The van der Waals surface area contributed by atoms with Crippen LogP contribution in [-0.2, 0) is 14.4 Å². The van der Waals surface area contributed by atoms with Crippen LogP contribution in [0, 0.1) is 11.7 Å². The molecular formula is C26H37FN2O4. The van der Waals surface area contributed by atoms with E-state index in [1.807, 2.05) is 31.2 Å². The number of rotatable bonds is 11. The van der Waals surface area contributed by atoms with Crippen LogP contribution in [0.1, 0.15) is 47.5 Å². The Hall–Kier alpha value is -3.22. The highest BCUT2D eigenvalue weighted by molar-refractivity contribution is 5.95. The Labute approximate surface area is 197 Å². The van der Waals surface area contributed by atoms with Crippen LogP contribution in [0.3, 0.4) is 0 Å². The predicted octanol–water partition coefficient (Wildman–Crippen LogP) is 5.32. The minimum absolute atomic E-state index is 0.0137. The summed E-state index contributed by atoms with van der Waals surface area (Å²) in [6.07, 6.45) is 12.1. The van der Waals surface area contributed by atoms with Gasteiger partial charge in [0, 0.05) is 18.9 Å². The molecular weight excluding hydrogens is 423 g/mol. The highest BCUT2D eigenvalue weighted by Gasteiger charge is 2.23. The van der Waals surface area contributed by atoms with Crippen molar-refractivity contribution in [1.29, 1.82) is 0 Å². The third-order valence-electron chi connectivity index (χ3n) is 4.08. The summed E-state index contributed by atoms with van der Waals surface area (Å²) in [5.74, 6) is -2.33. The molecule has 1 unspecified atom stereocenters. The van der Waals surface area contributed by atoms with Crippen molar-refractivity contribution in [2.75, 3.05) is 25.5 Å². The Morgan fingerprint density at radius 2 is 1.79 bits per heavy atom. The highest BCUT2D eigenvalue weighted by atomic mass is 19.1. The van der Waals surface area contributed by atoms with Crippen LogP contribution in [0.25, 0.3) is 0 Å². The van der Waals surface area contributed by atoms with Gasteiger partial charge < -0.3 is 15.0 Å². The molecule has 0 aliphatic heterocycles. The van der Waals surface area contributed by atoms with E-state index in [2.05, 4.69) is 19.2 Å². The number of nitrogens with zero attached hydrogens (tertiary/aromatic N) is 1. The Morgan fingerprint density at radius 1 is 1.15 bits per heavy atom. The number of Topliss-reactive ketones (excluding diaryl/α,β-unsaturated/α-hetero) is 1. The first kappa shape index (κ1) is 29.8. The van der Waals surface area contributed by atoms with Crippen LogP contribution in [-0.4, -0.2) is 42.7 Å². The van der Waals surface area contributed by atoms with Gasteiger partial charge in [0.1, 0.15) is 5.78 Å². The van der Waals surface area contributed by atoms with Crippen LogP contribution < -0.4 is 10.1 Å². The number of carbonyl (C=O) groups excluding carboxylic acids is 3. The molecule has 1 atom stereocenters. The molecule has 6 nitrogen and oxygen atoms in total. The second-order valence-electron chi connectivity index (χ2n) is 7.44. The number of halogens is 1. The lowest BCUT2D eigenvalue weighted by Crippen LogP contribution is -2.39. The Bertz CT molecular complexity index is 847. The van der Waals surface area contributed by atoms with Crippen molar-refractivity contribution in [3.8, 4) is 5.75 Å². The fraction of sp³-hybridized carbons (Fsp3) is 0.423. The molecule has 0 spiro atoms. The minimum Gasteiger partial charge on any atom is -0.494 e. The van der Waals surface area contributed by atoms with Gasteiger partial charge in [-0.2, -0.15) is 0 Å². The van der Waals surface area contributed by atoms with Crippen LogP contribution >= 0.6 is 0 Å². The lowest BCUT2D eigenvalue weighted by atomic mass is 10.1. The van der Waals surface area contributed by atoms with Crippen molar-refractivity contribution >= 4 is 23.3 Å². The number of methoxy groups -OCH3 is 1. The lowest BCUT2D eigenvalue weighted by molar-refractivity contribution is -0.138. The summed E-state index contributed by atoms with van der Waals surface area (Å²) in [6, 6.07) is 4.41. The normalized spacial score (nSPS) is 11.8. The van der Waals surface area contributed by atoms with E-state index < -0.39 is 17.6 Å². The predicted molar refractivity (Wildman–Crippen MR) is 132 cm³/mol. The van der Waals surface area contributed by atoms with Crippen molar-refractivity contribution in [1.82, 2.24) is 4.90 Å². The van der Waals surface area contributed by atoms with Crippen molar-refractivity contribution in [2.24, 2.45) is 5.92 Å². The van der Waals surface area contributed by atoms with E-state index in [0.29, 0.717) is 0 Å². The molecule has 0 saturated heterocycles. The van der Waals surface area contributed by atoms with Gasteiger partial charge >= 0.3 is 0 Å². The number of hydrogen-bond donors (Lipinski definition) is 1. The molecule has 0 radical (unpaired) electrons. The second-order valence-corrected chi connectivity index (χ2v) is 7.44. The molecule has 1 aromatic carbocycles. The third kappa shape index (κ3) is 12.4. The van der Waals surface area contributed by atoms with Gasteiger partial charge in [-0.05, 0) is 26.0 Å². The largest absolute Gasteiger partial charge is 0.494 e. The average molecular weight is 461 g/mol. The zero-order valence-corrected chi connectivity index (χ0v) is 20.6. The van der Waals surface area contributed by atoms with Gasteiger partial charge in [-0.25, -0.2) is 4.39 Å². The zero-order valence-electron chi connectivity index (χ0n) is 20.6. The maximum absolute atomic E-state index is 14.2. The summed E-state index contributed by atoms with van der Waals surface area (Å²) in [5, 5.41) is 2.46. The molecule has 1 rings (SSSR count). The number of hydrogen-bond acceptors (Lipinski definition) is 4. The molecule has 0 bridgehead atoms. The maximum atomic E-state index is 14.2. The SMILES string of the molecule is CCC.C\C=C/C=C\C=C\CN(CC(C)=O)C(=O)C(C)CC(=O)Nc1cccc(OC)c1F. The molecule has 0 saturated carbocycles. The molecule has 7 heteroatoms. The van der Waals surface area contributed by atoms with Crippen LogP contribution in [0.5, 0.6) is 5.75 Å². The number of carbonyl (C=O) groups is 3. The summed E-state index contributed by atoms with van der Waals surface area (Å²) < 4.78 is 19.1. The monoisotopic (exact) mass is 460 g/mol. The van der Waals surface area contributed by atoms with Gasteiger partial charge in [-0.15, -0.1) is 0 Å². The molecule has 0 aliphatic rings. The number of ether oxygens (including phenoxy) is 1. The summed E-state index contributed by atoms with van der Waals surface area (Å²) in [4.78, 5) is 38.0. The number of ketones is 1. The molecule has 0 fully saturated rings. The third-order valence-corrected chi connectivity index (χ3v) is 4.08. The van der Waals surface area contributed by atoms with Gasteiger partial charge in [0.15, 0.2) is 11.6 Å². The summed E-state index contributed by atoms with van der Waals surface area (Å²) in [5.41, 5.74) is -0.0181. The number of anilines is 1.